The van der Waals surface area contributed by atoms with E-state index in [2.05, 4.69) is 10.3 Å². The van der Waals surface area contributed by atoms with Gasteiger partial charge in [0.05, 0.1) is 49.9 Å². The molecule has 0 spiro atoms. The normalized spacial score (nSPS) is 16.3. The fraction of sp³-hybridized carbons (Fsp3) is 0.308. The van der Waals surface area contributed by atoms with Gasteiger partial charge in [0.1, 0.15) is 0 Å². The van der Waals surface area contributed by atoms with Crippen LogP contribution in [-0.4, -0.2) is 62.6 Å². The largest absolute Gasteiger partial charge is 0.392 e. The Kier molecular flexibility index (Phi) is 8.86. The molecule has 2 N–H and O–H groups in total. The van der Waals surface area contributed by atoms with Crippen molar-refractivity contribution in [3.8, 4) is 0 Å². The van der Waals surface area contributed by atoms with Gasteiger partial charge in [0.25, 0.3) is 15.9 Å². The number of aliphatic hydroxyl groups excluding tert-OH is 1. The lowest BCUT2D eigenvalue weighted by Gasteiger charge is -2.36. The minimum Gasteiger partial charge on any atom is -0.392 e. The second-order valence-corrected chi connectivity index (χ2v) is 12.6. The van der Waals surface area contributed by atoms with Crippen molar-refractivity contribution in [3.05, 3.63) is 81.1 Å². The second-order valence-electron chi connectivity index (χ2n) is 9.46. The van der Waals surface area contributed by atoms with E-state index in [0.717, 1.165) is 0 Å². The molecule has 1 aliphatic rings. The van der Waals surface area contributed by atoms with Gasteiger partial charge in [-0.3, -0.25) is 14.1 Å². The number of carbonyl (C=O) groups is 1. The standard InChI is InChI=1S/C26H27Cl3N4O4S/c1-32(2)15-19(34)9-16-10-23-24(33(14-16)38(36,37)20-6-3-5-17(27)11-20)12-18(13-30-23)31-26(35)25-21(28)7-4-8-22(25)29/h3-8,11-13,16,19,34H,9-10,14-15H2,1-2H3,(H,31,35)/t16-,19?/m1/s1. The Balaban J connectivity index is 1.71. The molecule has 38 heavy (non-hydrogen) atoms. The van der Waals surface area contributed by atoms with Crippen molar-refractivity contribution in [1.82, 2.24) is 9.88 Å². The molecule has 1 amide bonds. The number of hydrogen-bond donors (Lipinski definition) is 2. The van der Waals surface area contributed by atoms with Crippen LogP contribution in [0.5, 0.6) is 0 Å². The lowest BCUT2D eigenvalue weighted by molar-refractivity contribution is 0.102. The van der Waals surface area contributed by atoms with Crippen molar-refractivity contribution < 1.29 is 18.3 Å². The smallest absolute Gasteiger partial charge is 0.264 e. The molecule has 2 aromatic carbocycles. The van der Waals surface area contributed by atoms with Crippen molar-refractivity contribution in [2.45, 2.75) is 23.8 Å². The first-order valence-corrected chi connectivity index (χ1v) is 14.4. The van der Waals surface area contributed by atoms with Crippen LogP contribution in [0.4, 0.5) is 11.4 Å². The molecule has 4 rings (SSSR count). The molecule has 0 saturated heterocycles. The zero-order valence-corrected chi connectivity index (χ0v) is 23.8. The first kappa shape index (κ1) is 28.6. The van der Waals surface area contributed by atoms with Gasteiger partial charge in [-0.05, 0) is 69.3 Å². The molecule has 0 radical (unpaired) electrons. The fourth-order valence-corrected chi connectivity index (χ4v) is 6.95. The minimum absolute atomic E-state index is 0.0303. The van der Waals surface area contributed by atoms with Gasteiger partial charge in [0.15, 0.2) is 0 Å². The van der Waals surface area contributed by atoms with E-state index in [1.807, 2.05) is 19.0 Å². The Morgan fingerprint density at radius 3 is 2.50 bits per heavy atom. The Morgan fingerprint density at radius 2 is 1.84 bits per heavy atom. The van der Waals surface area contributed by atoms with Crippen molar-refractivity contribution in [2.75, 3.05) is 36.8 Å². The zero-order valence-electron chi connectivity index (χ0n) is 20.7. The summed E-state index contributed by atoms with van der Waals surface area (Å²) in [5.41, 5.74) is 1.26. The molecule has 0 saturated carbocycles. The quantitative estimate of drug-likeness (QED) is 0.380. The zero-order chi connectivity index (χ0) is 27.6. The lowest BCUT2D eigenvalue weighted by atomic mass is 9.92. The maximum Gasteiger partial charge on any atom is 0.264 e. The van der Waals surface area contributed by atoms with E-state index in [-0.39, 0.29) is 43.7 Å². The Morgan fingerprint density at radius 1 is 1.16 bits per heavy atom. The monoisotopic (exact) mass is 596 g/mol. The van der Waals surface area contributed by atoms with Gasteiger partial charge in [-0.25, -0.2) is 8.42 Å². The number of likely N-dealkylation sites (N-methyl/N-ethyl adjacent to an activating group) is 1. The first-order chi connectivity index (χ1) is 18.0. The van der Waals surface area contributed by atoms with Gasteiger partial charge < -0.3 is 15.3 Å². The van der Waals surface area contributed by atoms with Crippen molar-refractivity contribution >= 4 is 62.1 Å². The summed E-state index contributed by atoms with van der Waals surface area (Å²) < 4.78 is 28.9. The van der Waals surface area contributed by atoms with Crippen LogP contribution in [-0.2, 0) is 16.4 Å². The number of aromatic nitrogens is 1. The van der Waals surface area contributed by atoms with Crippen molar-refractivity contribution in [3.63, 3.8) is 0 Å². The molecule has 12 heteroatoms. The number of halogens is 3. The molecule has 1 aliphatic heterocycles. The molecule has 202 valence electrons. The average molecular weight is 598 g/mol. The van der Waals surface area contributed by atoms with Crippen LogP contribution in [0, 0.1) is 5.92 Å². The highest BCUT2D eigenvalue weighted by Crippen LogP contribution is 2.37. The van der Waals surface area contributed by atoms with E-state index in [9.17, 15) is 18.3 Å². The minimum atomic E-state index is -4.04. The van der Waals surface area contributed by atoms with E-state index in [1.165, 1.54) is 22.6 Å². The highest BCUT2D eigenvalue weighted by atomic mass is 35.5. The second kappa shape index (κ2) is 11.8. The summed E-state index contributed by atoms with van der Waals surface area (Å²) in [5, 5.41) is 13.9. The molecule has 1 unspecified atom stereocenters. The van der Waals surface area contributed by atoms with Crippen LogP contribution >= 0.6 is 34.8 Å². The number of aliphatic hydroxyl groups is 1. The van der Waals surface area contributed by atoms with Gasteiger partial charge in [0.2, 0.25) is 0 Å². The highest BCUT2D eigenvalue weighted by molar-refractivity contribution is 7.92. The topological polar surface area (TPSA) is 103 Å². The van der Waals surface area contributed by atoms with Crippen LogP contribution in [0.3, 0.4) is 0 Å². The van der Waals surface area contributed by atoms with E-state index < -0.39 is 22.0 Å². The molecule has 8 nitrogen and oxygen atoms in total. The number of hydrogen-bond acceptors (Lipinski definition) is 6. The van der Waals surface area contributed by atoms with Crippen molar-refractivity contribution in [2.24, 2.45) is 5.92 Å². The predicted octanol–water partition coefficient (Wildman–Crippen LogP) is 4.97. The lowest BCUT2D eigenvalue weighted by Crippen LogP contribution is -2.42. The summed E-state index contributed by atoms with van der Waals surface area (Å²) in [4.78, 5) is 19.3. The highest BCUT2D eigenvalue weighted by Gasteiger charge is 2.35. The maximum atomic E-state index is 13.8. The Bertz CT molecular complexity index is 1430. The van der Waals surface area contributed by atoms with Gasteiger partial charge in [-0.2, -0.15) is 0 Å². The number of anilines is 2. The van der Waals surface area contributed by atoms with Gasteiger partial charge >= 0.3 is 0 Å². The van der Waals surface area contributed by atoms with Gasteiger partial charge in [-0.1, -0.05) is 46.9 Å². The molecule has 0 aliphatic carbocycles. The van der Waals surface area contributed by atoms with E-state index in [1.54, 1.807) is 36.4 Å². The summed E-state index contributed by atoms with van der Waals surface area (Å²) in [6.45, 7) is 0.579. The summed E-state index contributed by atoms with van der Waals surface area (Å²) in [7, 11) is -0.311. The fourth-order valence-electron chi connectivity index (χ4n) is 4.52. The van der Waals surface area contributed by atoms with Crippen LogP contribution < -0.4 is 9.62 Å². The number of pyridine rings is 1. The summed E-state index contributed by atoms with van der Waals surface area (Å²) in [6, 6.07) is 12.3. The molecular weight excluding hydrogens is 571 g/mol. The van der Waals surface area contributed by atoms with E-state index in [4.69, 9.17) is 34.8 Å². The van der Waals surface area contributed by atoms with Crippen LogP contribution in [0.15, 0.2) is 59.6 Å². The predicted molar refractivity (Wildman–Crippen MR) is 151 cm³/mol. The molecule has 3 aromatic rings. The summed E-state index contributed by atoms with van der Waals surface area (Å²) in [6.07, 6.45) is 1.69. The first-order valence-electron chi connectivity index (χ1n) is 11.8. The van der Waals surface area contributed by atoms with Crippen molar-refractivity contribution in [1.29, 1.82) is 0 Å². The van der Waals surface area contributed by atoms with Gasteiger partial charge in [-0.15, -0.1) is 0 Å². The maximum absolute atomic E-state index is 13.8. The summed E-state index contributed by atoms with van der Waals surface area (Å²) >= 11 is 18.5. The molecule has 2 heterocycles. The summed E-state index contributed by atoms with van der Waals surface area (Å²) in [5.74, 6) is -0.728. The van der Waals surface area contributed by atoms with Gasteiger partial charge in [0, 0.05) is 18.1 Å². The van der Waals surface area contributed by atoms with Crippen LogP contribution in [0.2, 0.25) is 15.1 Å². The number of amides is 1. The third kappa shape index (κ3) is 6.42. The Hall–Kier alpha value is -2.40. The third-order valence-corrected chi connectivity index (χ3v) is 8.78. The Labute approximate surface area is 237 Å². The molecular formula is C26H27Cl3N4O4S. The SMILES string of the molecule is CN(C)CC(O)C[C@@H]1Cc2ncc(NC(=O)c3c(Cl)cccc3Cl)cc2N(S(=O)(=O)c2cccc(Cl)c2)C1. The number of nitrogens with zero attached hydrogens (tertiary/aromatic N) is 3. The number of fused-ring (bicyclic) bond motifs is 1. The third-order valence-electron chi connectivity index (χ3n) is 6.14. The van der Waals surface area contributed by atoms with E-state index in [0.29, 0.717) is 30.8 Å². The molecule has 0 fully saturated rings. The number of benzene rings is 2. The molecule has 2 atom stereocenters. The number of sulfonamides is 1. The molecule has 1 aromatic heterocycles. The van der Waals surface area contributed by atoms with Crippen LogP contribution in [0.25, 0.3) is 0 Å². The molecule has 0 bridgehead atoms. The average Bonchev–Trinajstić information content (AvgIpc) is 2.83. The number of carbonyl (C=O) groups excluding carboxylic acids is 1. The number of rotatable bonds is 8. The number of nitrogens with one attached hydrogen (secondary N) is 1. The van der Waals surface area contributed by atoms with Crippen LogP contribution in [0.1, 0.15) is 22.5 Å². The van der Waals surface area contributed by atoms with E-state index >= 15 is 0 Å².